The lowest BCUT2D eigenvalue weighted by Gasteiger charge is -2.21. The number of nitrogens with zero attached hydrogens (tertiary/aromatic N) is 4. The number of carbonyl (C=O) groups excluding carboxylic acids is 1. The van der Waals surface area contributed by atoms with Gasteiger partial charge in [-0.1, -0.05) is 67.2 Å². The molecule has 3 rings (SSSR count). The molecule has 0 fully saturated rings. The van der Waals surface area contributed by atoms with Gasteiger partial charge < -0.3 is 9.80 Å². The minimum atomic E-state index is 0.0345. The number of carbonyl (C=O) groups is 1. The maximum atomic E-state index is 12.7. The van der Waals surface area contributed by atoms with E-state index in [1.54, 1.807) is 11.9 Å². The topological polar surface area (TPSA) is 55.5 Å². The van der Waals surface area contributed by atoms with Crippen molar-refractivity contribution in [1.82, 2.24) is 14.8 Å². The Hall–Kier alpha value is -2.64. The van der Waals surface area contributed by atoms with Gasteiger partial charge in [0, 0.05) is 19.2 Å². The summed E-state index contributed by atoms with van der Waals surface area (Å²) in [6.45, 7) is 2.86. The highest BCUT2D eigenvalue weighted by molar-refractivity contribution is 7.99. The molecule has 1 atom stereocenters. The number of hydrogen-bond donors (Lipinski definition) is 1. The fourth-order valence-electron chi connectivity index (χ4n) is 3.45. The van der Waals surface area contributed by atoms with Crippen molar-refractivity contribution in [3.05, 3.63) is 72.1 Å². The van der Waals surface area contributed by atoms with E-state index in [9.17, 15) is 4.79 Å². The SMILES string of the molecule is CC[C@H](c1nnc(SCC(=O)N(C)c2ccccc2)n1Cc1ccccc1)[NH+](C)C. The van der Waals surface area contributed by atoms with Gasteiger partial charge in [0.05, 0.1) is 26.4 Å². The van der Waals surface area contributed by atoms with E-state index in [-0.39, 0.29) is 11.9 Å². The molecule has 0 radical (unpaired) electrons. The molecule has 0 unspecified atom stereocenters. The van der Waals surface area contributed by atoms with Crippen LogP contribution in [-0.4, -0.2) is 47.6 Å². The minimum absolute atomic E-state index is 0.0345. The van der Waals surface area contributed by atoms with Crippen LogP contribution >= 0.6 is 11.8 Å². The average molecular weight is 425 g/mol. The molecule has 7 heteroatoms. The van der Waals surface area contributed by atoms with E-state index in [0.717, 1.165) is 23.1 Å². The van der Waals surface area contributed by atoms with E-state index in [1.807, 2.05) is 48.5 Å². The summed E-state index contributed by atoms with van der Waals surface area (Å²) in [4.78, 5) is 15.7. The van der Waals surface area contributed by atoms with Crippen LogP contribution in [0.4, 0.5) is 5.69 Å². The van der Waals surface area contributed by atoms with Crippen molar-refractivity contribution in [1.29, 1.82) is 0 Å². The second kappa shape index (κ2) is 10.4. The van der Waals surface area contributed by atoms with Crippen LogP contribution < -0.4 is 9.80 Å². The Labute approximate surface area is 182 Å². The first kappa shape index (κ1) is 22.1. The lowest BCUT2D eigenvalue weighted by Crippen LogP contribution is -3.06. The molecular weight excluding hydrogens is 394 g/mol. The fourth-order valence-corrected chi connectivity index (χ4v) is 4.31. The number of rotatable bonds is 9. The predicted molar refractivity (Wildman–Crippen MR) is 122 cm³/mol. The zero-order valence-corrected chi connectivity index (χ0v) is 18.9. The summed E-state index contributed by atoms with van der Waals surface area (Å²) in [6, 6.07) is 20.2. The summed E-state index contributed by atoms with van der Waals surface area (Å²) >= 11 is 1.45. The Morgan fingerprint density at radius 3 is 2.30 bits per heavy atom. The van der Waals surface area contributed by atoms with E-state index in [4.69, 9.17) is 0 Å². The number of benzene rings is 2. The van der Waals surface area contributed by atoms with Gasteiger partial charge in [-0.3, -0.25) is 9.36 Å². The number of thioether (sulfide) groups is 1. The Kier molecular flexibility index (Phi) is 7.65. The first-order valence-electron chi connectivity index (χ1n) is 10.2. The smallest absolute Gasteiger partial charge is 0.237 e. The maximum Gasteiger partial charge on any atom is 0.237 e. The van der Waals surface area contributed by atoms with Gasteiger partial charge >= 0.3 is 0 Å². The summed E-state index contributed by atoms with van der Waals surface area (Å²) in [6.07, 6.45) is 0.968. The molecule has 0 spiro atoms. The summed E-state index contributed by atoms with van der Waals surface area (Å²) in [5.74, 6) is 1.31. The van der Waals surface area contributed by atoms with Crippen molar-refractivity contribution in [2.45, 2.75) is 31.1 Å². The van der Waals surface area contributed by atoms with E-state index in [2.05, 4.69) is 47.9 Å². The highest BCUT2D eigenvalue weighted by Gasteiger charge is 2.25. The first-order valence-corrected chi connectivity index (χ1v) is 11.2. The Bertz CT molecular complexity index is 943. The molecule has 0 aliphatic carbocycles. The monoisotopic (exact) mass is 424 g/mol. The molecule has 3 aromatic rings. The van der Waals surface area contributed by atoms with E-state index in [1.165, 1.54) is 22.2 Å². The van der Waals surface area contributed by atoms with Crippen LogP contribution in [0.15, 0.2) is 65.8 Å². The van der Waals surface area contributed by atoms with E-state index >= 15 is 0 Å². The van der Waals surface area contributed by atoms with Gasteiger partial charge in [-0.25, -0.2) is 0 Å². The van der Waals surface area contributed by atoms with Gasteiger partial charge in [-0.05, 0) is 17.7 Å². The molecular formula is C23H30N5OS+. The largest absolute Gasteiger partial charge is 0.331 e. The molecule has 30 heavy (non-hydrogen) atoms. The molecule has 0 aliphatic rings. The molecule has 1 N–H and O–H groups in total. The molecule has 0 saturated carbocycles. The van der Waals surface area contributed by atoms with Gasteiger partial charge in [-0.2, -0.15) is 0 Å². The highest BCUT2D eigenvalue weighted by atomic mass is 32.2. The van der Waals surface area contributed by atoms with Crippen molar-refractivity contribution >= 4 is 23.4 Å². The molecule has 2 aromatic carbocycles. The lowest BCUT2D eigenvalue weighted by molar-refractivity contribution is -0.893. The normalized spacial score (nSPS) is 12.2. The first-order chi connectivity index (χ1) is 14.5. The van der Waals surface area contributed by atoms with Crippen LogP contribution in [0.25, 0.3) is 0 Å². The molecule has 1 amide bonds. The Morgan fingerprint density at radius 1 is 1.07 bits per heavy atom. The highest BCUT2D eigenvalue weighted by Crippen LogP contribution is 2.23. The van der Waals surface area contributed by atoms with Crippen molar-refractivity contribution in [3.63, 3.8) is 0 Å². The number of quaternary nitrogens is 1. The molecule has 1 heterocycles. The van der Waals surface area contributed by atoms with Crippen molar-refractivity contribution in [3.8, 4) is 0 Å². The van der Waals surface area contributed by atoms with Crippen molar-refractivity contribution in [2.24, 2.45) is 0 Å². The van der Waals surface area contributed by atoms with Crippen LogP contribution in [0.1, 0.15) is 30.8 Å². The maximum absolute atomic E-state index is 12.7. The predicted octanol–water partition coefficient (Wildman–Crippen LogP) is 2.68. The number of amides is 1. The standard InChI is InChI=1S/C23H29N5OS/c1-5-20(26(2)3)22-24-25-23(28(22)16-18-12-8-6-9-13-18)30-17-21(29)27(4)19-14-10-7-11-15-19/h6-15,20H,5,16-17H2,1-4H3/p+1/t20-/m1/s1. The number of hydrogen-bond acceptors (Lipinski definition) is 4. The quantitative estimate of drug-likeness (QED) is 0.537. The van der Waals surface area contributed by atoms with Gasteiger partial charge in [0.25, 0.3) is 0 Å². The second-order valence-electron chi connectivity index (χ2n) is 7.53. The van der Waals surface area contributed by atoms with Crippen LogP contribution in [0.2, 0.25) is 0 Å². The molecule has 0 bridgehead atoms. The lowest BCUT2D eigenvalue weighted by atomic mass is 10.2. The summed E-state index contributed by atoms with van der Waals surface area (Å²) in [7, 11) is 6.09. The van der Waals surface area contributed by atoms with Crippen LogP contribution in [0.5, 0.6) is 0 Å². The minimum Gasteiger partial charge on any atom is -0.331 e. The van der Waals surface area contributed by atoms with Crippen LogP contribution in [-0.2, 0) is 11.3 Å². The molecule has 0 aliphatic heterocycles. The zero-order chi connectivity index (χ0) is 21.5. The number of para-hydroxylation sites is 1. The molecule has 0 saturated heterocycles. The number of aromatic nitrogens is 3. The third kappa shape index (κ3) is 5.29. The molecule has 6 nitrogen and oxygen atoms in total. The van der Waals surface area contributed by atoms with Gasteiger partial charge in [0.15, 0.2) is 11.0 Å². The van der Waals surface area contributed by atoms with Gasteiger partial charge in [-0.15, -0.1) is 10.2 Å². The van der Waals surface area contributed by atoms with E-state index in [0.29, 0.717) is 12.3 Å². The fraction of sp³-hybridized carbons (Fsp3) is 0.348. The second-order valence-corrected chi connectivity index (χ2v) is 8.47. The Morgan fingerprint density at radius 2 is 1.70 bits per heavy atom. The average Bonchev–Trinajstić information content (AvgIpc) is 3.15. The van der Waals surface area contributed by atoms with Crippen molar-refractivity contribution in [2.75, 3.05) is 31.8 Å². The van der Waals surface area contributed by atoms with E-state index < -0.39 is 0 Å². The van der Waals surface area contributed by atoms with Crippen LogP contribution in [0, 0.1) is 0 Å². The summed E-state index contributed by atoms with van der Waals surface area (Å²) in [5.41, 5.74) is 2.08. The summed E-state index contributed by atoms with van der Waals surface area (Å²) < 4.78 is 2.16. The molecule has 158 valence electrons. The number of nitrogens with one attached hydrogen (secondary N) is 1. The number of anilines is 1. The van der Waals surface area contributed by atoms with Gasteiger partial charge in [0.2, 0.25) is 5.91 Å². The zero-order valence-electron chi connectivity index (χ0n) is 18.1. The third-order valence-corrected chi connectivity index (χ3v) is 6.14. The van der Waals surface area contributed by atoms with Crippen molar-refractivity contribution < 1.29 is 9.69 Å². The summed E-state index contributed by atoms with van der Waals surface area (Å²) in [5, 5.41) is 9.77. The Balaban J connectivity index is 1.81. The third-order valence-electron chi connectivity index (χ3n) is 5.19. The van der Waals surface area contributed by atoms with Gasteiger partial charge in [0.1, 0.15) is 6.04 Å². The molecule has 1 aromatic heterocycles. The van der Waals surface area contributed by atoms with Crippen LogP contribution in [0.3, 0.4) is 0 Å².